The molecule has 2 rings (SSSR count). The number of aromatic nitrogens is 2. The Balaban J connectivity index is 1.99. The highest BCUT2D eigenvalue weighted by atomic mass is 16.3. The van der Waals surface area contributed by atoms with Crippen LogP contribution in [-0.4, -0.2) is 38.5 Å². The minimum atomic E-state index is -0.480. The molecular formula is C11H19N3O. The average Bonchev–Trinajstić information content (AvgIpc) is 2.43. The van der Waals surface area contributed by atoms with E-state index in [2.05, 4.69) is 23.0 Å². The third kappa shape index (κ3) is 2.21. The number of β-amino-alcohol motifs (C(OH)–C–C–N with tert-alkyl or cyclic N) is 1. The Morgan fingerprint density at radius 1 is 1.53 bits per heavy atom. The monoisotopic (exact) mass is 209 g/mol. The molecule has 0 atom stereocenters. The maximum atomic E-state index is 9.63. The second-order valence-corrected chi connectivity index (χ2v) is 4.73. The molecule has 84 valence electrons. The van der Waals surface area contributed by atoms with Crippen molar-refractivity contribution in [3.8, 4) is 0 Å². The third-order valence-electron chi connectivity index (χ3n) is 2.80. The summed E-state index contributed by atoms with van der Waals surface area (Å²) in [4.78, 5) is 2.24. The minimum Gasteiger partial charge on any atom is -0.388 e. The summed E-state index contributed by atoms with van der Waals surface area (Å²) in [6.07, 6.45) is 0. The average molecular weight is 209 g/mol. The normalized spacial score (nSPS) is 20.3. The standard InChI is InChI=1S/C11H19N3O/c1-4-14-10(5-9(2)12-14)6-13-7-11(3,15)8-13/h5,15H,4,6-8H2,1-3H3. The van der Waals surface area contributed by atoms with Gasteiger partial charge in [0.05, 0.1) is 17.0 Å². The second kappa shape index (κ2) is 3.61. The fourth-order valence-corrected chi connectivity index (χ4v) is 2.26. The number of hydrogen-bond acceptors (Lipinski definition) is 3. The second-order valence-electron chi connectivity index (χ2n) is 4.73. The molecule has 0 bridgehead atoms. The van der Waals surface area contributed by atoms with Gasteiger partial charge in [-0.05, 0) is 26.8 Å². The van der Waals surface area contributed by atoms with Gasteiger partial charge in [0.1, 0.15) is 0 Å². The molecule has 0 spiro atoms. The van der Waals surface area contributed by atoms with Crippen LogP contribution < -0.4 is 0 Å². The lowest BCUT2D eigenvalue weighted by molar-refractivity contribution is -0.0879. The molecule has 2 heterocycles. The van der Waals surface area contributed by atoms with Crippen molar-refractivity contribution >= 4 is 0 Å². The lowest BCUT2D eigenvalue weighted by Gasteiger charge is -2.44. The van der Waals surface area contributed by atoms with Gasteiger partial charge in [0.2, 0.25) is 0 Å². The zero-order chi connectivity index (χ0) is 11.1. The van der Waals surface area contributed by atoms with Gasteiger partial charge in [-0.2, -0.15) is 5.10 Å². The maximum Gasteiger partial charge on any atom is 0.0872 e. The number of aryl methyl sites for hydroxylation is 2. The minimum absolute atomic E-state index is 0.480. The fraction of sp³-hybridized carbons (Fsp3) is 0.727. The summed E-state index contributed by atoms with van der Waals surface area (Å²) in [5.74, 6) is 0. The quantitative estimate of drug-likeness (QED) is 0.799. The molecule has 1 aromatic heterocycles. The first-order chi connectivity index (χ1) is 7.00. The highest BCUT2D eigenvalue weighted by Gasteiger charge is 2.36. The van der Waals surface area contributed by atoms with E-state index in [-0.39, 0.29) is 0 Å². The Kier molecular flexibility index (Phi) is 2.56. The van der Waals surface area contributed by atoms with Crippen molar-refractivity contribution < 1.29 is 5.11 Å². The Labute approximate surface area is 90.5 Å². The van der Waals surface area contributed by atoms with Crippen molar-refractivity contribution in [1.82, 2.24) is 14.7 Å². The van der Waals surface area contributed by atoms with Gasteiger partial charge in [-0.3, -0.25) is 9.58 Å². The third-order valence-corrected chi connectivity index (χ3v) is 2.80. The molecule has 1 aliphatic heterocycles. The molecule has 1 aromatic rings. The summed E-state index contributed by atoms with van der Waals surface area (Å²) in [6.45, 7) is 9.33. The molecule has 1 aliphatic rings. The van der Waals surface area contributed by atoms with Gasteiger partial charge in [0, 0.05) is 26.2 Å². The molecule has 15 heavy (non-hydrogen) atoms. The van der Waals surface area contributed by atoms with E-state index in [1.54, 1.807) is 0 Å². The Bertz CT molecular complexity index is 349. The van der Waals surface area contributed by atoms with Crippen LogP contribution >= 0.6 is 0 Å². The molecule has 4 heteroatoms. The number of nitrogens with zero attached hydrogens (tertiary/aromatic N) is 3. The molecular weight excluding hydrogens is 190 g/mol. The summed E-state index contributed by atoms with van der Waals surface area (Å²) < 4.78 is 2.03. The van der Waals surface area contributed by atoms with Crippen LogP contribution in [0.1, 0.15) is 25.2 Å². The molecule has 1 saturated heterocycles. The van der Waals surface area contributed by atoms with E-state index in [1.165, 1.54) is 5.69 Å². The molecule has 0 amide bonds. The van der Waals surface area contributed by atoms with Crippen molar-refractivity contribution in [3.63, 3.8) is 0 Å². The Morgan fingerprint density at radius 3 is 2.73 bits per heavy atom. The van der Waals surface area contributed by atoms with Crippen LogP contribution in [0.5, 0.6) is 0 Å². The summed E-state index contributed by atoms with van der Waals surface area (Å²) in [7, 11) is 0. The van der Waals surface area contributed by atoms with Crippen molar-refractivity contribution in [3.05, 3.63) is 17.5 Å². The molecule has 1 N–H and O–H groups in total. The van der Waals surface area contributed by atoms with Gasteiger partial charge < -0.3 is 5.11 Å². The van der Waals surface area contributed by atoms with Crippen LogP contribution in [0.25, 0.3) is 0 Å². The molecule has 0 unspecified atom stereocenters. The molecule has 1 fully saturated rings. The van der Waals surface area contributed by atoms with E-state index >= 15 is 0 Å². The van der Waals surface area contributed by atoms with Crippen LogP contribution in [0, 0.1) is 6.92 Å². The number of hydrogen-bond donors (Lipinski definition) is 1. The lowest BCUT2D eigenvalue weighted by Crippen LogP contribution is -2.59. The van der Waals surface area contributed by atoms with E-state index in [0.29, 0.717) is 0 Å². The van der Waals surface area contributed by atoms with Crippen molar-refractivity contribution in [2.75, 3.05) is 13.1 Å². The Morgan fingerprint density at radius 2 is 2.20 bits per heavy atom. The van der Waals surface area contributed by atoms with E-state index in [4.69, 9.17) is 0 Å². The SMILES string of the molecule is CCn1nc(C)cc1CN1CC(C)(O)C1. The van der Waals surface area contributed by atoms with E-state index < -0.39 is 5.60 Å². The summed E-state index contributed by atoms with van der Waals surface area (Å²) in [5, 5.41) is 14.0. The Hall–Kier alpha value is -0.870. The van der Waals surface area contributed by atoms with Gasteiger partial charge >= 0.3 is 0 Å². The van der Waals surface area contributed by atoms with Gasteiger partial charge in [-0.15, -0.1) is 0 Å². The van der Waals surface area contributed by atoms with Crippen LogP contribution in [0.15, 0.2) is 6.07 Å². The van der Waals surface area contributed by atoms with E-state index in [1.807, 2.05) is 18.5 Å². The van der Waals surface area contributed by atoms with E-state index in [0.717, 1.165) is 31.9 Å². The van der Waals surface area contributed by atoms with Crippen molar-refractivity contribution in [1.29, 1.82) is 0 Å². The number of aliphatic hydroxyl groups is 1. The van der Waals surface area contributed by atoms with Crippen molar-refractivity contribution in [2.45, 2.75) is 39.5 Å². The maximum absolute atomic E-state index is 9.63. The highest BCUT2D eigenvalue weighted by molar-refractivity contribution is 5.10. The number of likely N-dealkylation sites (tertiary alicyclic amines) is 1. The predicted molar refractivity (Wildman–Crippen MR) is 58.5 cm³/mol. The summed E-state index contributed by atoms with van der Waals surface area (Å²) in [6, 6.07) is 2.12. The largest absolute Gasteiger partial charge is 0.388 e. The van der Waals surface area contributed by atoms with Crippen LogP contribution in [0.4, 0.5) is 0 Å². The molecule has 0 radical (unpaired) electrons. The topological polar surface area (TPSA) is 41.3 Å². The van der Waals surface area contributed by atoms with Gasteiger partial charge in [-0.1, -0.05) is 0 Å². The summed E-state index contributed by atoms with van der Waals surface area (Å²) in [5.41, 5.74) is 1.83. The fourth-order valence-electron chi connectivity index (χ4n) is 2.26. The summed E-state index contributed by atoms with van der Waals surface area (Å²) >= 11 is 0. The first-order valence-corrected chi connectivity index (χ1v) is 5.48. The number of rotatable bonds is 3. The predicted octanol–water partition coefficient (Wildman–Crippen LogP) is 0.778. The smallest absolute Gasteiger partial charge is 0.0872 e. The highest BCUT2D eigenvalue weighted by Crippen LogP contribution is 2.22. The molecule has 0 saturated carbocycles. The van der Waals surface area contributed by atoms with Gasteiger partial charge in [0.15, 0.2) is 0 Å². The molecule has 0 aliphatic carbocycles. The van der Waals surface area contributed by atoms with Gasteiger partial charge in [-0.25, -0.2) is 0 Å². The van der Waals surface area contributed by atoms with Crippen molar-refractivity contribution in [2.24, 2.45) is 0 Å². The van der Waals surface area contributed by atoms with Crippen LogP contribution in [0.3, 0.4) is 0 Å². The lowest BCUT2D eigenvalue weighted by atomic mass is 9.97. The zero-order valence-corrected chi connectivity index (χ0v) is 9.69. The molecule has 4 nitrogen and oxygen atoms in total. The molecule has 0 aromatic carbocycles. The van der Waals surface area contributed by atoms with Gasteiger partial charge in [0.25, 0.3) is 0 Å². The van der Waals surface area contributed by atoms with E-state index in [9.17, 15) is 5.11 Å². The first kappa shape index (κ1) is 10.6. The van der Waals surface area contributed by atoms with Crippen LogP contribution in [0.2, 0.25) is 0 Å². The van der Waals surface area contributed by atoms with Crippen LogP contribution in [-0.2, 0) is 13.1 Å². The first-order valence-electron chi connectivity index (χ1n) is 5.48. The zero-order valence-electron chi connectivity index (χ0n) is 9.69.